The predicted octanol–water partition coefficient (Wildman–Crippen LogP) is 3.02. The normalized spacial score (nSPS) is 19.7. The van der Waals surface area contributed by atoms with Gasteiger partial charge in [0.25, 0.3) is 0 Å². The number of nitrogens with one attached hydrogen (secondary N) is 3. The van der Waals surface area contributed by atoms with Gasteiger partial charge in [-0.25, -0.2) is 0 Å². The van der Waals surface area contributed by atoms with Gasteiger partial charge in [0, 0.05) is 49.1 Å². The average molecular weight is 393 g/mol. The minimum atomic E-state index is 0.0616. The van der Waals surface area contributed by atoms with Crippen LogP contribution in [-0.4, -0.2) is 39.1 Å². The number of amides is 1. The van der Waals surface area contributed by atoms with Crippen LogP contribution in [0.15, 0.2) is 53.5 Å². The van der Waals surface area contributed by atoms with Crippen molar-refractivity contribution >= 4 is 17.6 Å². The average Bonchev–Trinajstić information content (AvgIpc) is 3.54. The number of hydrogen-bond donors (Lipinski definition) is 3. The summed E-state index contributed by atoms with van der Waals surface area (Å²) in [5.74, 6) is 1.89. The molecule has 1 heterocycles. The molecule has 2 aromatic rings. The molecule has 1 aliphatic heterocycles. The van der Waals surface area contributed by atoms with E-state index in [1.807, 2.05) is 30.3 Å². The fourth-order valence-electron chi connectivity index (χ4n) is 4.15. The second kappa shape index (κ2) is 8.15. The monoisotopic (exact) mass is 392 g/mol. The van der Waals surface area contributed by atoms with Crippen molar-refractivity contribution in [3.63, 3.8) is 0 Å². The first kappa shape index (κ1) is 19.3. The van der Waals surface area contributed by atoms with Crippen LogP contribution in [0.4, 0.5) is 5.69 Å². The third kappa shape index (κ3) is 4.06. The van der Waals surface area contributed by atoms with Gasteiger partial charge in [0.2, 0.25) is 5.91 Å². The number of aliphatic imine (C=N–C) groups is 1. The lowest BCUT2D eigenvalue weighted by atomic mass is 9.90. The Morgan fingerprint density at radius 1 is 1.17 bits per heavy atom. The van der Waals surface area contributed by atoms with Gasteiger partial charge in [0.05, 0.1) is 7.11 Å². The summed E-state index contributed by atoms with van der Waals surface area (Å²) in [4.78, 5) is 16.4. The SMILES string of the molecule is CN=C(NCC1CC(=O)Nc2ccccc21)NCC1(c2ccccc2OC)CC1. The molecule has 0 bridgehead atoms. The Hall–Kier alpha value is -3.02. The van der Waals surface area contributed by atoms with E-state index in [1.54, 1.807) is 14.2 Å². The summed E-state index contributed by atoms with van der Waals surface area (Å²) in [6.07, 6.45) is 2.74. The summed E-state index contributed by atoms with van der Waals surface area (Å²) in [5.41, 5.74) is 3.43. The number of nitrogens with zero attached hydrogens (tertiary/aromatic N) is 1. The summed E-state index contributed by atoms with van der Waals surface area (Å²) >= 11 is 0. The lowest BCUT2D eigenvalue weighted by Crippen LogP contribution is -2.43. The molecular formula is C23H28N4O2. The molecule has 6 nitrogen and oxygen atoms in total. The van der Waals surface area contributed by atoms with Crippen LogP contribution in [0.25, 0.3) is 0 Å². The number of fused-ring (bicyclic) bond motifs is 1. The Morgan fingerprint density at radius 2 is 1.93 bits per heavy atom. The lowest BCUT2D eigenvalue weighted by Gasteiger charge is -2.27. The van der Waals surface area contributed by atoms with Crippen LogP contribution < -0.4 is 20.7 Å². The molecular weight excluding hydrogens is 364 g/mol. The van der Waals surface area contributed by atoms with Crippen LogP contribution >= 0.6 is 0 Å². The van der Waals surface area contributed by atoms with Crippen molar-refractivity contribution < 1.29 is 9.53 Å². The highest BCUT2D eigenvalue weighted by Gasteiger charge is 2.46. The van der Waals surface area contributed by atoms with E-state index in [2.05, 4.69) is 39.1 Å². The highest BCUT2D eigenvalue weighted by Crippen LogP contribution is 2.50. The quantitative estimate of drug-likeness (QED) is 0.522. The summed E-state index contributed by atoms with van der Waals surface area (Å²) < 4.78 is 5.56. The van der Waals surface area contributed by atoms with Gasteiger partial charge >= 0.3 is 0 Å². The lowest BCUT2D eigenvalue weighted by molar-refractivity contribution is -0.116. The number of ether oxygens (including phenoxy) is 1. The van der Waals surface area contributed by atoms with E-state index in [9.17, 15) is 4.79 Å². The molecule has 152 valence electrons. The van der Waals surface area contributed by atoms with E-state index in [0.29, 0.717) is 13.0 Å². The van der Waals surface area contributed by atoms with Crippen molar-refractivity contribution in [1.82, 2.24) is 10.6 Å². The van der Waals surface area contributed by atoms with Crippen molar-refractivity contribution in [1.29, 1.82) is 0 Å². The highest BCUT2D eigenvalue weighted by molar-refractivity contribution is 5.94. The second-order valence-corrected chi connectivity index (χ2v) is 7.82. The molecule has 0 spiro atoms. The van der Waals surface area contributed by atoms with E-state index in [4.69, 9.17) is 4.74 Å². The number of methoxy groups -OCH3 is 1. The molecule has 1 fully saturated rings. The Bertz CT molecular complexity index is 921. The van der Waals surface area contributed by atoms with Crippen molar-refractivity contribution in [2.75, 3.05) is 32.6 Å². The van der Waals surface area contributed by atoms with Gasteiger partial charge in [-0.05, 0) is 30.5 Å². The molecule has 29 heavy (non-hydrogen) atoms. The van der Waals surface area contributed by atoms with Gasteiger partial charge in [-0.15, -0.1) is 0 Å². The molecule has 2 aromatic carbocycles. The van der Waals surface area contributed by atoms with Crippen LogP contribution in [0.5, 0.6) is 5.75 Å². The van der Waals surface area contributed by atoms with Crippen molar-refractivity contribution in [3.8, 4) is 5.75 Å². The number of carbonyl (C=O) groups excluding carboxylic acids is 1. The summed E-state index contributed by atoms with van der Waals surface area (Å²) in [6, 6.07) is 16.2. The molecule has 2 aliphatic rings. The zero-order chi connectivity index (χ0) is 20.3. The molecule has 1 atom stereocenters. The minimum Gasteiger partial charge on any atom is -0.496 e. The number of anilines is 1. The molecule has 4 rings (SSSR count). The molecule has 0 aromatic heterocycles. The number of rotatable bonds is 6. The molecule has 1 amide bonds. The van der Waals surface area contributed by atoms with Crippen LogP contribution in [0, 0.1) is 0 Å². The maximum atomic E-state index is 12.0. The zero-order valence-corrected chi connectivity index (χ0v) is 17.0. The molecule has 3 N–H and O–H groups in total. The van der Waals surface area contributed by atoms with E-state index < -0.39 is 0 Å². The first-order valence-electron chi connectivity index (χ1n) is 10.1. The second-order valence-electron chi connectivity index (χ2n) is 7.82. The number of guanidine groups is 1. The number of benzene rings is 2. The van der Waals surface area contributed by atoms with Crippen LogP contribution in [-0.2, 0) is 10.2 Å². The fourth-order valence-corrected chi connectivity index (χ4v) is 4.15. The van der Waals surface area contributed by atoms with Crippen molar-refractivity contribution in [3.05, 3.63) is 59.7 Å². The van der Waals surface area contributed by atoms with Gasteiger partial charge in [0.15, 0.2) is 5.96 Å². The smallest absolute Gasteiger partial charge is 0.225 e. The van der Waals surface area contributed by atoms with Gasteiger partial charge in [-0.2, -0.15) is 0 Å². The zero-order valence-electron chi connectivity index (χ0n) is 17.0. The fraction of sp³-hybridized carbons (Fsp3) is 0.391. The predicted molar refractivity (Wildman–Crippen MR) is 116 cm³/mol. The molecule has 6 heteroatoms. The topological polar surface area (TPSA) is 74.8 Å². The van der Waals surface area contributed by atoms with E-state index in [0.717, 1.165) is 36.8 Å². The third-order valence-corrected chi connectivity index (χ3v) is 5.97. The van der Waals surface area contributed by atoms with Gasteiger partial charge in [0.1, 0.15) is 5.75 Å². The van der Waals surface area contributed by atoms with Crippen LogP contribution in [0.1, 0.15) is 36.3 Å². The summed E-state index contributed by atoms with van der Waals surface area (Å²) in [7, 11) is 3.50. The Kier molecular flexibility index (Phi) is 5.43. The largest absolute Gasteiger partial charge is 0.496 e. The maximum absolute atomic E-state index is 12.0. The van der Waals surface area contributed by atoms with Gasteiger partial charge < -0.3 is 20.7 Å². The van der Waals surface area contributed by atoms with E-state index >= 15 is 0 Å². The summed E-state index contributed by atoms with van der Waals surface area (Å²) in [6.45, 7) is 1.46. The minimum absolute atomic E-state index is 0.0616. The molecule has 1 aliphatic carbocycles. The Morgan fingerprint density at radius 3 is 2.69 bits per heavy atom. The highest BCUT2D eigenvalue weighted by atomic mass is 16.5. The maximum Gasteiger partial charge on any atom is 0.225 e. The van der Waals surface area contributed by atoms with Gasteiger partial charge in [-0.1, -0.05) is 36.4 Å². The Labute approximate surface area is 171 Å². The van der Waals surface area contributed by atoms with E-state index in [-0.39, 0.29) is 17.2 Å². The number of para-hydroxylation sites is 2. The van der Waals surface area contributed by atoms with Gasteiger partial charge in [-0.3, -0.25) is 9.79 Å². The summed E-state index contributed by atoms with van der Waals surface area (Å²) in [5, 5.41) is 9.84. The molecule has 0 radical (unpaired) electrons. The van der Waals surface area contributed by atoms with Crippen LogP contribution in [0.2, 0.25) is 0 Å². The molecule has 0 saturated heterocycles. The van der Waals surface area contributed by atoms with Crippen LogP contribution in [0.3, 0.4) is 0 Å². The van der Waals surface area contributed by atoms with Crippen molar-refractivity contribution in [2.24, 2.45) is 4.99 Å². The number of carbonyl (C=O) groups is 1. The molecule has 1 unspecified atom stereocenters. The van der Waals surface area contributed by atoms with E-state index in [1.165, 1.54) is 11.1 Å². The first-order chi connectivity index (χ1) is 14.1. The number of hydrogen-bond acceptors (Lipinski definition) is 3. The first-order valence-corrected chi connectivity index (χ1v) is 10.1. The van der Waals surface area contributed by atoms with Crippen molar-refractivity contribution in [2.45, 2.75) is 30.6 Å². The molecule has 1 saturated carbocycles. The standard InChI is InChI=1S/C23H28N4O2/c1-24-22(25-14-16-13-21(28)27-19-9-5-3-7-17(16)19)26-15-23(11-12-23)18-8-4-6-10-20(18)29-2/h3-10,16H,11-15H2,1-2H3,(H,27,28)(H2,24,25,26). The third-order valence-electron chi connectivity index (χ3n) is 5.97. The Balaban J connectivity index is 1.38.